The van der Waals surface area contributed by atoms with Gasteiger partial charge in [0.25, 0.3) is 12.9 Å². The van der Waals surface area contributed by atoms with Gasteiger partial charge < -0.3 is 4.79 Å². The van der Waals surface area contributed by atoms with Crippen LogP contribution in [0.15, 0.2) is 18.2 Å². The molecule has 112 valence electrons. The van der Waals surface area contributed by atoms with Gasteiger partial charge in [0.05, 0.1) is 0 Å². The number of hydrogen-bond acceptors (Lipinski definition) is 3. The fourth-order valence-electron chi connectivity index (χ4n) is 1.73. The first-order valence-electron chi connectivity index (χ1n) is 5.69. The molecule has 0 amide bonds. The van der Waals surface area contributed by atoms with Gasteiger partial charge in [0.1, 0.15) is 22.8 Å². The van der Waals surface area contributed by atoms with Crippen molar-refractivity contribution in [1.82, 2.24) is 14.8 Å². The van der Waals surface area contributed by atoms with E-state index in [-0.39, 0.29) is 23.0 Å². The lowest BCUT2D eigenvalue weighted by Crippen LogP contribution is -2.09. The molecule has 2 heterocycles. The first-order valence-corrected chi connectivity index (χ1v) is 6.07. The molecular weight excluding hydrogens is 314 g/mol. The first kappa shape index (κ1) is 15.4. The maximum Gasteiger partial charge on any atom is 0.282 e. The van der Waals surface area contributed by atoms with E-state index in [9.17, 15) is 22.4 Å². The largest absolute Gasteiger partial charge is 0.303 e. The number of rotatable bonds is 5. The lowest BCUT2D eigenvalue weighted by molar-refractivity contribution is -0.107. The Balaban J connectivity index is 2.64. The first-order chi connectivity index (χ1) is 9.93. The van der Waals surface area contributed by atoms with Crippen LogP contribution < -0.4 is 0 Å². The molecule has 2 rings (SSSR count). The molecule has 0 bridgehead atoms. The molecule has 0 spiro atoms. The van der Waals surface area contributed by atoms with E-state index in [2.05, 4.69) is 10.1 Å². The van der Waals surface area contributed by atoms with Gasteiger partial charge in [-0.25, -0.2) is 27.2 Å². The molecule has 2 aromatic rings. The third-order valence-corrected chi connectivity index (χ3v) is 2.84. The lowest BCUT2D eigenvalue weighted by atomic mass is 10.2. The Bertz CT molecular complexity index is 660. The second-order valence-electron chi connectivity index (χ2n) is 3.99. The zero-order valence-electron chi connectivity index (χ0n) is 10.3. The number of pyridine rings is 1. The Morgan fingerprint density at radius 2 is 1.95 bits per heavy atom. The van der Waals surface area contributed by atoms with Crippen LogP contribution in [0.1, 0.15) is 29.8 Å². The van der Waals surface area contributed by atoms with E-state index in [1.807, 2.05) is 0 Å². The maximum absolute atomic E-state index is 13.0. The van der Waals surface area contributed by atoms with Crippen molar-refractivity contribution < 1.29 is 22.4 Å². The quantitative estimate of drug-likeness (QED) is 0.481. The van der Waals surface area contributed by atoms with Crippen LogP contribution in [0, 0.1) is 0 Å². The molecule has 0 N–H and O–H groups in total. The van der Waals surface area contributed by atoms with Crippen molar-refractivity contribution in [3.05, 3.63) is 40.3 Å². The van der Waals surface area contributed by atoms with Crippen LogP contribution in [0.2, 0.25) is 5.15 Å². The maximum atomic E-state index is 13.0. The molecule has 0 aromatic carbocycles. The fraction of sp³-hybridized carbons (Fsp3) is 0.250. The van der Waals surface area contributed by atoms with E-state index in [1.54, 1.807) is 0 Å². The van der Waals surface area contributed by atoms with Gasteiger partial charge in [0.2, 0.25) is 0 Å². The number of carbonyl (C=O) groups is 1. The van der Waals surface area contributed by atoms with Crippen LogP contribution in [0.25, 0.3) is 5.82 Å². The van der Waals surface area contributed by atoms with Gasteiger partial charge in [-0.3, -0.25) is 0 Å². The highest BCUT2D eigenvalue weighted by Crippen LogP contribution is 2.28. The van der Waals surface area contributed by atoms with Gasteiger partial charge in [0.15, 0.2) is 5.82 Å². The fourth-order valence-corrected chi connectivity index (χ4v) is 1.88. The molecular formula is C12H8ClF4N3O. The molecule has 2 aromatic heterocycles. The molecule has 0 fully saturated rings. The summed E-state index contributed by atoms with van der Waals surface area (Å²) >= 11 is 5.69. The average molecular weight is 322 g/mol. The summed E-state index contributed by atoms with van der Waals surface area (Å²) in [6, 6.07) is 3.37. The summed E-state index contributed by atoms with van der Waals surface area (Å²) in [6.07, 6.45) is -5.63. The Labute approximate surface area is 121 Å². The van der Waals surface area contributed by atoms with Crippen LogP contribution in [-0.2, 0) is 11.2 Å². The minimum Gasteiger partial charge on any atom is -0.303 e. The van der Waals surface area contributed by atoms with E-state index in [4.69, 9.17) is 11.6 Å². The van der Waals surface area contributed by atoms with Crippen LogP contribution in [0.5, 0.6) is 0 Å². The molecule has 0 saturated carbocycles. The standard InChI is InChI=1S/C12H8ClF4N3O/c13-9-2-1-6(3-4-21)12(18-9)20-8(11(16)17)5-7(19-20)10(14)15/h1-2,4-5,10-11H,3H2. The third-order valence-electron chi connectivity index (χ3n) is 2.63. The van der Waals surface area contributed by atoms with Gasteiger partial charge in [-0.2, -0.15) is 5.10 Å². The minimum absolute atomic E-state index is 0.0334. The Hall–Kier alpha value is -1.96. The van der Waals surface area contributed by atoms with Crippen LogP contribution in [0.4, 0.5) is 17.6 Å². The molecule has 21 heavy (non-hydrogen) atoms. The van der Waals surface area contributed by atoms with Crippen molar-refractivity contribution in [1.29, 1.82) is 0 Å². The van der Waals surface area contributed by atoms with Crippen molar-refractivity contribution in [3.63, 3.8) is 0 Å². The summed E-state index contributed by atoms with van der Waals surface area (Å²) in [7, 11) is 0. The Kier molecular flexibility index (Phi) is 4.56. The molecule has 0 aliphatic carbocycles. The third kappa shape index (κ3) is 3.21. The zero-order valence-corrected chi connectivity index (χ0v) is 11.1. The molecule has 0 saturated heterocycles. The van der Waals surface area contributed by atoms with Gasteiger partial charge in [-0.05, 0) is 12.1 Å². The van der Waals surface area contributed by atoms with E-state index < -0.39 is 24.2 Å². The van der Waals surface area contributed by atoms with Gasteiger partial charge in [-0.1, -0.05) is 17.7 Å². The van der Waals surface area contributed by atoms with E-state index >= 15 is 0 Å². The summed E-state index contributed by atoms with van der Waals surface area (Å²) in [5.74, 6) is -0.170. The highest BCUT2D eigenvalue weighted by molar-refractivity contribution is 6.29. The number of hydrogen-bond donors (Lipinski definition) is 0. The van der Waals surface area contributed by atoms with E-state index in [0.717, 1.165) is 0 Å². The van der Waals surface area contributed by atoms with Crippen LogP contribution in [-0.4, -0.2) is 21.1 Å². The van der Waals surface area contributed by atoms with E-state index in [0.29, 0.717) is 17.0 Å². The summed E-state index contributed by atoms with van der Waals surface area (Å²) in [5.41, 5.74) is -1.29. The van der Waals surface area contributed by atoms with Crippen molar-refractivity contribution in [2.24, 2.45) is 0 Å². The highest BCUT2D eigenvalue weighted by Gasteiger charge is 2.24. The molecule has 0 unspecified atom stereocenters. The van der Waals surface area contributed by atoms with Gasteiger partial charge in [0, 0.05) is 12.0 Å². The second kappa shape index (κ2) is 6.21. The van der Waals surface area contributed by atoms with Crippen LogP contribution in [0.3, 0.4) is 0 Å². The number of nitrogens with zero attached hydrogens (tertiary/aromatic N) is 3. The van der Waals surface area contributed by atoms with Crippen molar-refractivity contribution in [2.75, 3.05) is 0 Å². The second-order valence-corrected chi connectivity index (χ2v) is 4.38. The van der Waals surface area contributed by atoms with Crippen molar-refractivity contribution in [2.45, 2.75) is 19.3 Å². The summed E-state index contributed by atoms with van der Waals surface area (Å²) in [4.78, 5) is 14.4. The number of aromatic nitrogens is 3. The van der Waals surface area contributed by atoms with Crippen molar-refractivity contribution in [3.8, 4) is 5.82 Å². The minimum atomic E-state index is -3.03. The molecule has 0 atom stereocenters. The number of carbonyl (C=O) groups excluding carboxylic acids is 1. The molecule has 0 aliphatic rings. The number of alkyl halides is 4. The van der Waals surface area contributed by atoms with Crippen LogP contribution >= 0.6 is 11.6 Å². The number of halogens is 5. The predicted molar refractivity (Wildman–Crippen MR) is 66.1 cm³/mol. The normalized spacial score (nSPS) is 11.4. The lowest BCUT2D eigenvalue weighted by Gasteiger charge is -2.10. The van der Waals surface area contributed by atoms with Gasteiger partial charge >= 0.3 is 0 Å². The monoisotopic (exact) mass is 321 g/mol. The SMILES string of the molecule is O=CCc1ccc(Cl)nc1-n1nc(C(F)F)cc1C(F)F. The van der Waals surface area contributed by atoms with E-state index in [1.165, 1.54) is 12.1 Å². The Morgan fingerprint density at radius 3 is 2.52 bits per heavy atom. The highest BCUT2D eigenvalue weighted by atomic mass is 35.5. The molecule has 9 heteroatoms. The number of aldehydes is 1. The Morgan fingerprint density at radius 1 is 1.24 bits per heavy atom. The predicted octanol–water partition coefficient (Wildman–Crippen LogP) is 3.54. The summed E-state index contributed by atoms with van der Waals surface area (Å²) < 4.78 is 51.8. The summed E-state index contributed by atoms with van der Waals surface area (Å²) in [6.45, 7) is 0. The topological polar surface area (TPSA) is 47.8 Å². The smallest absolute Gasteiger partial charge is 0.282 e. The van der Waals surface area contributed by atoms with Gasteiger partial charge in [-0.15, -0.1) is 0 Å². The average Bonchev–Trinajstić information content (AvgIpc) is 2.86. The summed E-state index contributed by atoms with van der Waals surface area (Å²) in [5, 5.41) is 3.40. The molecule has 0 aliphatic heterocycles. The molecule has 0 radical (unpaired) electrons. The zero-order chi connectivity index (χ0) is 15.6. The molecule has 4 nitrogen and oxygen atoms in total. The van der Waals surface area contributed by atoms with Crippen molar-refractivity contribution >= 4 is 17.9 Å².